The second-order valence-corrected chi connectivity index (χ2v) is 28.6. The van der Waals surface area contributed by atoms with Gasteiger partial charge >= 0.3 is 23.5 Å². The quantitative estimate of drug-likeness (QED) is 0.0159. The lowest BCUT2D eigenvalue weighted by molar-refractivity contribution is -0.359. The summed E-state index contributed by atoms with van der Waals surface area (Å²) in [7, 11) is -16.8. The van der Waals surface area contributed by atoms with Crippen molar-refractivity contribution in [3.63, 3.8) is 0 Å². The highest BCUT2D eigenvalue weighted by Gasteiger charge is 2.57. The van der Waals surface area contributed by atoms with Gasteiger partial charge in [-0.15, -0.1) is 6.58 Å². The van der Waals surface area contributed by atoms with Gasteiger partial charge in [0.15, 0.2) is 44.0 Å². The van der Waals surface area contributed by atoms with Gasteiger partial charge in [0.1, 0.15) is 171 Å². The van der Waals surface area contributed by atoms with Gasteiger partial charge in [-0.2, -0.15) is 0 Å². The summed E-state index contributed by atoms with van der Waals surface area (Å²) in [6.45, 7) is -4.23. The van der Waals surface area contributed by atoms with Crippen molar-refractivity contribution in [3.05, 3.63) is 12.7 Å². The van der Waals surface area contributed by atoms with Crippen molar-refractivity contribution in [2.45, 2.75) is 260 Å². The number of rotatable bonds is 35. The van der Waals surface area contributed by atoms with Gasteiger partial charge in [0.2, 0.25) is 0 Å². The molecule has 0 spiro atoms. The maximum Gasteiger partial charge on any atom is 0.474 e. The molecule has 100 heavy (non-hydrogen) atoms. The van der Waals surface area contributed by atoms with Crippen LogP contribution in [0.1, 0.15) is 44.9 Å². The summed E-state index contributed by atoms with van der Waals surface area (Å²) < 4.78 is 129. The average Bonchev–Trinajstić information content (AvgIpc) is 0.785. The number of ether oxygens (including phenoxy) is 11. The van der Waals surface area contributed by atoms with Gasteiger partial charge in [0, 0.05) is 6.61 Å². The number of allylic oxidation sites excluding steroid dienone is 1. The summed E-state index contributed by atoms with van der Waals surface area (Å²) in [6, 6.07) is 0. The van der Waals surface area contributed by atoms with Crippen LogP contribution < -0.4 is 0 Å². The van der Waals surface area contributed by atoms with E-state index in [-0.39, 0.29) is 6.61 Å². The predicted molar refractivity (Wildman–Crippen MR) is 311 cm³/mol. The third-order valence-electron chi connectivity index (χ3n) is 17.2. The van der Waals surface area contributed by atoms with Gasteiger partial charge in [-0.25, -0.2) is 13.7 Å². The van der Waals surface area contributed by atoms with Crippen LogP contribution in [0.2, 0.25) is 0 Å². The second kappa shape index (κ2) is 38.2. The Hall–Kier alpha value is -1.25. The molecule has 0 aromatic heterocycles. The number of hydrogen-bond acceptors (Lipinski definition) is 42. The Morgan fingerprint density at radius 1 is 0.300 bits per heavy atom. The van der Waals surface area contributed by atoms with E-state index in [2.05, 4.69) is 6.58 Å². The highest BCUT2D eigenvalue weighted by Crippen LogP contribution is 2.50. The van der Waals surface area contributed by atoms with E-state index in [1.807, 2.05) is 6.08 Å². The van der Waals surface area contributed by atoms with Crippen LogP contribution in [0.3, 0.4) is 0 Å². The summed E-state index contributed by atoms with van der Waals surface area (Å²) in [4.78, 5) is 31.8. The summed E-state index contributed by atoms with van der Waals surface area (Å²) in [6.07, 6.45) is -65.4. The minimum absolute atomic E-state index is 0.112. The lowest BCUT2D eigenvalue weighted by Gasteiger charge is -2.46. The van der Waals surface area contributed by atoms with Crippen molar-refractivity contribution in [1.82, 2.24) is 0 Å². The van der Waals surface area contributed by atoms with E-state index in [9.17, 15) is 141 Å². The topological polar surface area (TPSA) is 714 Å². The highest BCUT2D eigenvalue weighted by atomic mass is 31.2. The fourth-order valence-corrected chi connectivity index (χ4v) is 13.9. The van der Waals surface area contributed by atoms with E-state index in [4.69, 9.17) is 79.2 Å². The molecule has 0 amide bonds. The number of aliphatic hydroxyl groups excluding tert-OH is 22. The molecule has 25 N–H and O–H groups in total. The Bertz CT molecular complexity index is 2610. The van der Waals surface area contributed by atoms with Crippen LogP contribution in [-0.4, -0.2) is 395 Å². The average molecular weight is 1530 g/mol. The van der Waals surface area contributed by atoms with E-state index in [1.54, 1.807) is 0 Å². The molecule has 38 atom stereocenters. The summed E-state index contributed by atoms with van der Waals surface area (Å²) in [5.74, 6) is 0. The first-order valence-electron chi connectivity index (χ1n) is 31.5. The molecule has 7 fully saturated rings. The molecule has 0 aromatic carbocycles. The molecule has 7 aliphatic rings. The molecule has 0 aromatic rings. The molecule has 0 aliphatic carbocycles. The van der Waals surface area contributed by atoms with Crippen LogP contribution in [0.25, 0.3) is 0 Å². The molecule has 0 saturated carbocycles. The van der Waals surface area contributed by atoms with Crippen LogP contribution in [0.5, 0.6) is 0 Å². The van der Waals surface area contributed by atoms with Crippen molar-refractivity contribution >= 4 is 23.5 Å². The molecule has 7 aliphatic heterocycles. The molecule has 45 nitrogen and oxygen atoms in total. The first kappa shape index (κ1) is 86.0. The predicted octanol–water partition coefficient (Wildman–Crippen LogP) is -12.0. The molecular formula is C52H93O45P3. The third kappa shape index (κ3) is 21.6. The number of unbranched alkanes of at least 4 members (excludes halogenated alkanes) is 6. The van der Waals surface area contributed by atoms with Crippen LogP contribution in [0.4, 0.5) is 0 Å². The van der Waals surface area contributed by atoms with Crippen LogP contribution >= 0.6 is 23.5 Å². The Kier molecular flexibility index (Phi) is 32.9. The van der Waals surface area contributed by atoms with Crippen molar-refractivity contribution < 1.29 is 220 Å². The van der Waals surface area contributed by atoms with Crippen molar-refractivity contribution in [2.24, 2.45) is 0 Å². The molecule has 48 heteroatoms. The molecule has 3 unspecified atom stereocenters. The van der Waals surface area contributed by atoms with E-state index in [0.29, 0.717) is 6.42 Å². The Balaban J connectivity index is 0.885. The summed E-state index contributed by atoms with van der Waals surface area (Å²) >= 11 is 0. The van der Waals surface area contributed by atoms with Crippen LogP contribution in [0.15, 0.2) is 12.7 Å². The van der Waals surface area contributed by atoms with Crippen molar-refractivity contribution in [3.8, 4) is 0 Å². The zero-order chi connectivity index (χ0) is 74.0. The fourth-order valence-electron chi connectivity index (χ4n) is 11.4. The third-order valence-corrected chi connectivity index (χ3v) is 20.0. The van der Waals surface area contributed by atoms with Gasteiger partial charge in [-0.3, -0.25) is 27.1 Å². The lowest BCUT2D eigenvalue weighted by Crippen LogP contribution is -2.65. The second-order valence-electron chi connectivity index (χ2n) is 24.3. The standard InChI is InChI=1S/C52H93O45P3/c1-2-3-4-5-6-7-8-9-10-81-46-40(72)33(65)43(19(12-54)86-46)92-47-36(68)30(62)27(59)23(89-47)16-83-99(77,78)96-51-42(74)35(67)45(21(14-56)88-51)94-49-38(70)32(64)28(60)24(91-49)17-84-100(79,80)97-52-41(73)34(66)44(20(13-55)87-52)93-48-37(69)31(63)26(58)22(90-48)15-82-98(75,76)95-50-39(71)29(61)25(57)18(11-53)85-50/h2,18-74H,1,3-17H2,(H,75,76)(H,77,78)(H,79,80)/t18-,19-,20-,21-,22-,23-,24-,25-,26+,27+,28+,29+,30+,31+,32+,33-,34-,35-,36-,37-,38-,39+,40+,41+,42+,43-,44-,45-,46+,47+,48+,49+,50-,51-,52-/m1/s1. The number of phosphoric acid groups is 3. The van der Waals surface area contributed by atoms with Crippen LogP contribution in [0, 0.1) is 0 Å². The SMILES string of the molecule is C=CCCCCCCCCO[C@H]1O[C@H](CO)[C@@H](O[C@@H]2O[C@H](COP(=O)(O)O[C@H]3O[C@H](CO)[C@@H](O[C@@H]4O[C@H](COP(=O)(O)O[C@H]5O[C@H](CO)[C@@H](O[C@@H]6O[C@H](COP(=O)(O)O[C@H]7O[C@H](CO)[C@@H](O)[C@H](O)[C@@H]7O)[C@H](O)[C@H](O)[C@H]6O)[C@H](O)[C@@H]5O)[C@H](O)[C@H](O)[C@H]4O)[C@H](O)[C@@H]3O)[C@H](O)[C@H](O)[C@H]2O)[C@H](O)[C@@H]1O. The minimum atomic E-state index is -5.70. The maximum absolute atomic E-state index is 13.3. The highest BCUT2D eigenvalue weighted by molar-refractivity contribution is 7.48. The Labute approximate surface area is 567 Å². The normalized spacial score (nSPS) is 46.3. The Morgan fingerprint density at radius 3 is 0.870 bits per heavy atom. The monoisotopic (exact) mass is 1530 g/mol. The fraction of sp³-hybridized carbons (Fsp3) is 0.962. The molecule has 7 saturated heterocycles. The van der Waals surface area contributed by atoms with E-state index >= 15 is 0 Å². The molecule has 7 heterocycles. The van der Waals surface area contributed by atoms with Crippen molar-refractivity contribution in [1.29, 1.82) is 0 Å². The Morgan fingerprint density at radius 2 is 0.550 bits per heavy atom. The first-order chi connectivity index (χ1) is 47.0. The number of hydrogen-bond donors (Lipinski definition) is 25. The molecular weight excluding hydrogens is 1440 g/mol. The van der Waals surface area contributed by atoms with Gasteiger partial charge in [0.05, 0.1) is 46.2 Å². The first-order valence-corrected chi connectivity index (χ1v) is 36.0. The molecule has 586 valence electrons. The van der Waals surface area contributed by atoms with E-state index in [0.717, 1.165) is 38.5 Å². The molecule has 0 radical (unpaired) electrons. The zero-order valence-corrected chi connectivity index (χ0v) is 55.5. The smallest absolute Gasteiger partial charge is 0.394 e. The van der Waals surface area contributed by atoms with Gasteiger partial charge in [0.25, 0.3) is 0 Å². The molecule has 0 bridgehead atoms. The van der Waals surface area contributed by atoms with E-state index in [1.165, 1.54) is 0 Å². The number of phosphoric ester groups is 3. The zero-order valence-electron chi connectivity index (χ0n) is 52.8. The van der Waals surface area contributed by atoms with Gasteiger partial charge < -0.3 is 179 Å². The van der Waals surface area contributed by atoms with Gasteiger partial charge in [-0.05, 0) is 19.3 Å². The lowest BCUT2D eigenvalue weighted by atomic mass is 9.97. The maximum atomic E-state index is 13.3. The van der Waals surface area contributed by atoms with Crippen LogP contribution in [-0.2, 0) is 92.9 Å². The largest absolute Gasteiger partial charge is 0.474 e. The summed E-state index contributed by atoms with van der Waals surface area (Å²) in [5.41, 5.74) is 0. The number of aliphatic hydroxyl groups is 22. The summed E-state index contributed by atoms with van der Waals surface area (Å²) in [5, 5.41) is 233. The van der Waals surface area contributed by atoms with Gasteiger partial charge in [-0.1, -0.05) is 31.8 Å². The van der Waals surface area contributed by atoms with Crippen molar-refractivity contribution in [2.75, 3.05) is 52.9 Å². The molecule has 7 rings (SSSR count). The minimum Gasteiger partial charge on any atom is -0.394 e. The van der Waals surface area contributed by atoms with E-state index < -0.39 is 285 Å².